The fraction of sp³-hybridized carbons (Fsp3) is 0.636. The lowest BCUT2D eigenvalue weighted by Gasteiger charge is -2.18. The van der Waals surface area contributed by atoms with Crippen LogP contribution < -0.4 is 15.4 Å². The Hall–Kier alpha value is -2.24. The number of hydrogen-bond donors (Lipinski definition) is 2. The average Bonchev–Trinajstić information content (AvgIpc) is 3.13. The monoisotopic (exact) mass is 388 g/mol. The maximum absolute atomic E-state index is 11.8. The summed E-state index contributed by atoms with van der Waals surface area (Å²) in [5.74, 6) is 2.02. The fourth-order valence-electron chi connectivity index (χ4n) is 3.43. The van der Waals surface area contributed by atoms with Crippen LogP contribution in [0.5, 0.6) is 5.75 Å². The smallest absolute Gasteiger partial charge is 0.222 e. The van der Waals surface area contributed by atoms with Crippen LogP contribution in [0.4, 0.5) is 0 Å². The zero-order valence-corrected chi connectivity index (χ0v) is 18.1. The van der Waals surface area contributed by atoms with Gasteiger partial charge in [-0.05, 0) is 56.9 Å². The Morgan fingerprint density at radius 3 is 2.79 bits per heavy atom. The van der Waals surface area contributed by atoms with Gasteiger partial charge in [0.1, 0.15) is 5.75 Å². The number of benzene rings is 1. The Labute approximate surface area is 169 Å². The first-order valence-corrected chi connectivity index (χ1v) is 10.5. The molecule has 156 valence electrons. The van der Waals surface area contributed by atoms with Gasteiger partial charge in [0.15, 0.2) is 5.96 Å². The van der Waals surface area contributed by atoms with E-state index in [-0.39, 0.29) is 11.9 Å². The van der Waals surface area contributed by atoms with Gasteiger partial charge in [0, 0.05) is 45.1 Å². The van der Waals surface area contributed by atoms with Crippen molar-refractivity contribution in [1.82, 2.24) is 15.5 Å². The highest BCUT2D eigenvalue weighted by Crippen LogP contribution is 2.23. The molecule has 1 amide bonds. The van der Waals surface area contributed by atoms with Gasteiger partial charge in [-0.3, -0.25) is 9.79 Å². The third-order valence-corrected chi connectivity index (χ3v) is 5.12. The largest absolute Gasteiger partial charge is 0.493 e. The number of aryl methyl sites for hydroxylation is 2. The molecule has 0 aliphatic carbocycles. The molecule has 1 aliphatic rings. The molecule has 1 fully saturated rings. The second-order valence-electron chi connectivity index (χ2n) is 7.49. The maximum atomic E-state index is 11.8. The van der Waals surface area contributed by atoms with Crippen LogP contribution in [0.1, 0.15) is 49.8 Å². The molecule has 1 aromatic rings. The van der Waals surface area contributed by atoms with Gasteiger partial charge in [-0.1, -0.05) is 13.0 Å². The summed E-state index contributed by atoms with van der Waals surface area (Å²) in [7, 11) is 0. The average molecular weight is 389 g/mol. The number of ether oxygens (including phenoxy) is 1. The molecule has 2 rings (SSSR count). The van der Waals surface area contributed by atoms with Crippen molar-refractivity contribution in [1.29, 1.82) is 0 Å². The summed E-state index contributed by atoms with van der Waals surface area (Å²) in [6.45, 7) is 14.0. The Morgan fingerprint density at radius 1 is 1.29 bits per heavy atom. The number of amides is 1. The van der Waals surface area contributed by atoms with E-state index < -0.39 is 0 Å². The van der Waals surface area contributed by atoms with E-state index in [9.17, 15) is 4.79 Å². The molecule has 6 nitrogen and oxygen atoms in total. The number of carbonyl (C=O) groups is 1. The molecule has 1 unspecified atom stereocenters. The van der Waals surface area contributed by atoms with Crippen molar-refractivity contribution in [3.63, 3.8) is 0 Å². The minimum absolute atomic E-state index is 0.227. The molecule has 1 aliphatic heterocycles. The fourth-order valence-corrected chi connectivity index (χ4v) is 3.43. The summed E-state index contributed by atoms with van der Waals surface area (Å²) in [5, 5.41) is 6.76. The normalized spacial score (nSPS) is 17.0. The number of aliphatic imine (C=N–C) groups is 1. The zero-order valence-electron chi connectivity index (χ0n) is 18.1. The minimum atomic E-state index is 0.227. The van der Waals surface area contributed by atoms with Crippen molar-refractivity contribution < 1.29 is 9.53 Å². The molecule has 1 saturated heterocycles. The molecule has 0 radical (unpaired) electrons. The highest BCUT2D eigenvalue weighted by Gasteiger charge is 2.25. The molecular weight excluding hydrogens is 352 g/mol. The topological polar surface area (TPSA) is 66.0 Å². The number of nitrogens with one attached hydrogen (secondary N) is 2. The van der Waals surface area contributed by atoms with Gasteiger partial charge < -0.3 is 20.3 Å². The molecule has 28 heavy (non-hydrogen) atoms. The van der Waals surface area contributed by atoms with E-state index in [1.54, 1.807) is 0 Å². The van der Waals surface area contributed by atoms with Crippen molar-refractivity contribution >= 4 is 11.9 Å². The van der Waals surface area contributed by atoms with Crippen LogP contribution in [0.15, 0.2) is 17.1 Å². The Bertz CT molecular complexity index is 687. The zero-order chi connectivity index (χ0) is 20.5. The van der Waals surface area contributed by atoms with Crippen LogP contribution in [-0.4, -0.2) is 55.6 Å². The van der Waals surface area contributed by atoms with Gasteiger partial charge >= 0.3 is 0 Å². The van der Waals surface area contributed by atoms with E-state index in [0.717, 1.165) is 44.2 Å². The lowest BCUT2D eigenvalue weighted by molar-refractivity contribution is -0.129. The highest BCUT2D eigenvalue weighted by atomic mass is 16.5. The molecule has 6 heteroatoms. The molecule has 0 spiro atoms. The van der Waals surface area contributed by atoms with E-state index in [1.165, 1.54) is 16.7 Å². The van der Waals surface area contributed by atoms with Crippen LogP contribution >= 0.6 is 0 Å². The van der Waals surface area contributed by atoms with E-state index in [4.69, 9.17) is 4.74 Å². The lowest BCUT2D eigenvalue weighted by Crippen LogP contribution is -2.45. The van der Waals surface area contributed by atoms with Crippen molar-refractivity contribution in [3.8, 4) is 5.75 Å². The molecule has 0 bridgehead atoms. The first kappa shape index (κ1) is 22.1. The van der Waals surface area contributed by atoms with Gasteiger partial charge in [-0.15, -0.1) is 0 Å². The van der Waals surface area contributed by atoms with Gasteiger partial charge in [-0.2, -0.15) is 0 Å². The van der Waals surface area contributed by atoms with E-state index in [2.05, 4.69) is 55.5 Å². The summed E-state index contributed by atoms with van der Waals surface area (Å²) in [6, 6.07) is 4.54. The van der Waals surface area contributed by atoms with E-state index >= 15 is 0 Å². The van der Waals surface area contributed by atoms with Crippen molar-refractivity contribution in [2.45, 2.75) is 59.9 Å². The molecule has 1 heterocycles. The Balaban J connectivity index is 1.79. The molecule has 0 saturated carbocycles. The second kappa shape index (κ2) is 10.9. The number of carbonyl (C=O) groups excluding carboxylic acids is 1. The predicted molar refractivity (Wildman–Crippen MR) is 115 cm³/mol. The Morgan fingerprint density at radius 2 is 2.07 bits per heavy atom. The molecule has 1 atom stereocenters. The van der Waals surface area contributed by atoms with Gasteiger partial charge in [-0.25, -0.2) is 0 Å². The van der Waals surface area contributed by atoms with Crippen molar-refractivity contribution in [2.75, 3.05) is 32.8 Å². The maximum Gasteiger partial charge on any atom is 0.222 e. The third-order valence-electron chi connectivity index (χ3n) is 5.12. The number of guanidine groups is 1. The van der Waals surface area contributed by atoms with Crippen LogP contribution in [0.3, 0.4) is 0 Å². The first-order chi connectivity index (χ1) is 13.4. The number of hydrogen-bond acceptors (Lipinski definition) is 3. The quantitative estimate of drug-likeness (QED) is 0.408. The predicted octanol–water partition coefficient (Wildman–Crippen LogP) is 2.95. The number of nitrogens with zero attached hydrogens (tertiary/aromatic N) is 2. The van der Waals surface area contributed by atoms with Crippen LogP contribution in [0.2, 0.25) is 0 Å². The standard InChI is InChI=1S/C22H36N4O2/c1-6-21(27)26-11-9-19(15-26)25-22(23-7-2)24-10-8-12-28-20-14-16(3)13-17(4)18(20)5/h13-14,19H,6-12,15H2,1-5H3,(H2,23,24,25). The van der Waals surface area contributed by atoms with Crippen molar-refractivity contribution in [2.24, 2.45) is 4.99 Å². The summed E-state index contributed by atoms with van der Waals surface area (Å²) in [6.07, 6.45) is 2.39. The molecular formula is C22H36N4O2. The van der Waals surface area contributed by atoms with Crippen LogP contribution in [0, 0.1) is 20.8 Å². The summed E-state index contributed by atoms with van der Waals surface area (Å²) >= 11 is 0. The summed E-state index contributed by atoms with van der Waals surface area (Å²) in [5.41, 5.74) is 3.69. The molecule has 2 N–H and O–H groups in total. The van der Waals surface area contributed by atoms with Crippen molar-refractivity contribution in [3.05, 3.63) is 28.8 Å². The molecule has 0 aromatic heterocycles. The summed E-state index contributed by atoms with van der Waals surface area (Å²) in [4.78, 5) is 18.4. The second-order valence-corrected chi connectivity index (χ2v) is 7.49. The summed E-state index contributed by atoms with van der Waals surface area (Å²) < 4.78 is 5.97. The third kappa shape index (κ3) is 6.43. The van der Waals surface area contributed by atoms with E-state index in [1.807, 2.05) is 11.8 Å². The number of rotatable bonds is 8. The Kier molecular flexibility index (Phi) is 8.61. The lowest BCUT2D eigenvalue weighted by atomic mass is 10.1. The van der Waals surface area contributed by atoms with Gasteiger partial charge in [0.2, 0.25) is 5.91 Å². The SMILES string of the molecule is CCNC(=NCCCOc1cc(C)cc(C)c1C)NC1CCN(C(=O)CC)C1. The molecule has 1 aromatic carbocycles. The van der Waals surface area contributed by atoms with E-state index in [0.29, 0.717) is 19.6 Å². The first-order valence-electron chi connectivity index (χ1n) is 10.5. The van der Waals surface area contributed by atoms with Crippen LogP contribution in [-0.2, 0) is 4.79 Å². The highest BCUT2D eigenvalue weighted by molar-refractivity contribution is 5.80. The minimum Gasteiger partial charge on any atom is -0.493 e. The number of likely N-dealkylation sites (tertiary alicyclic amines) is 1. The van der Waals surface area contributed by atoms with Gasteiger partial charge in [0.05, 0.1) is 6.61 Å². The van der Waals surface area contributed by atoms with Crippen LogP contribution in [0.25, 0.3) is 0 Å². The van der Waals surface area contributed by atoms with Gasteiger partial charge in [0.25, 0.3) is 0 Å².